The summed E-state index contributed by atoms with van der Waals surface area (Å²) < 4.78 is 51.8. The molecule has 2 rings (SSSR count). The molecule has 1 amide bonds. The first kappa shape index (κ1) is 51.4. The van der Waals surface area contributed by atoms with Crippen molar-refractivity contribution in [3.05, 3.63) is 42.0 Å². The van der Waals surface area contributed by atoms with Crippen LogP contribution in [0.25, 0.3) is 0 Å². The van der Waals surface area contributed by atoms with Crippen molar-refractivity contribution in [3.63, 3.8) is 0 Å². The van der Waals surface area contributed by atoms with Gasteiger partial charge in [-0.15, -0.1) is 0 Å². The third kappa shape index (κ3) is 25.0. The predicted octanol–water partition coefficient (Wildman–Crippen LogP) is 15.1. The molecule has 0 saturated heterocycles. The highest BCUT2D eigenvalue weighted by molar-refractivity contribution is 7.85. The van der Waals surface area contributed by atoms with Gasteiger partial charge < -0.3 is 19.5 Å². The van der Waals surface area contributed by atoms with Gasteiger partial charge in [0, 0.05) is 11.3 Å². The highest BCUT2D eigenvalue weighted by Crippen LogP contribution is 2.40. The molecule has 58 heavy (non-hydrogen) atoms. The SMILES string of the molecule is CCCCCCCCCCCCOc1cc(C(=O)Nc2ccc(S(=O)(=O)O)cc2)cc(OCCCCCCCCCCCC)c1OCCCCCCCCCCCC. The number of carbonyl (C=O) groups excluding carboxylic acids is 1. The Labute approximate surface area is 355 Å². The van der Waals surface area contributed by atoms with Gasteiger partial charge in [-0.05, 0) is 55.7 Å². The smallest absolute Gasteiger partial charge is 0.294 e. The molecule has 8 nitrogen and oxygen atoms in total. The number of ether oxygens (including phenoxy) is 3. The van der Waals surface area contributed by atoms with Crippen molar-refractivity contribution in [2.75, 3.05) is 25.1 Å². The lowest BCUT2D eigenvalue weighted by Crippen LogP contribution is -2.14. The second-order valence-electron chi connectivity index (χ2n) is 16.3. The van der Waals surface area contributed by atoms with Crippen molar-refractivity contribution < 1.29 is 32.0 Å². The molecule has 2 N–H and O–H groups in total. The summed E-state index contributed by atoms with van der Waals surface area (Å²) in [4.78, 5) is 13.4. The molecule has 0 spiro atoms. The lowest BCUT2D eigenvalue weighted by atomic mass is 10.1. The van der Waals surface area contributed by atoms with Gasteiger partial charge in [0.15, 0.2) is 11.5 Å². The minimum atomic E-state index is -4.34. The van der Waals surface area contributed by atoms with E-state index in [9.17, 15) is 17.8 Å². The van der Waals surface area contributed by atoms with Gasteiger partial charge in [-0.3, -0.25) is 9.35 Å². The van der Waals surface area contributed by atoms with Crippen molar-refractivity contribution >= 4 is 21.7 Å². The maximum absolute atomic E-state index is 13.7. The van der Waals surface area contributed by atoms with Gasteiger partial charge in [-0.25, -0.2) is 0 Å². The Bertz CT molecular complexity index is 1370. The number of hydrogen-bond donors (Lipinski definition) is 2. The first-order chi connectivity index (χ1) is 28.3. The second kappa shape index (κ2) is 34.0. The summed E-state index contributed by atoms with van der Waals surface area (Å²) in [7, 11) is -4.34. The molecule has 0 radical (unpaired) electrons. The first-order valence-corrected chi connectivity index (χ1v) is 25.2. The highest BCUT2D eigenvalue weighted by Gasteiger charge is 2.20. The molecule has 0 aliphatic carbocycles. The Morgan fingerprint density at radius 3 is 1.12 bits per heavy atom. The lowest BCUT2D eigenvalue weighted by Gasteiger charge is -2.19. The van der Waals surface area contributed by atoms with Gasteiger partial charge in [-0.1, -0.05) is 194 Å². The normalized spacial score (nSPS) is 11.5. The van der Waals surface area contributed by atoms with Crippen molar-refractivity contribution in [2.24, 2.45) is 0 Å². The van der Waals surface area contributed by atoms with Crippen LogP contribution in [0.4, 0.5) is 5.69 Å². The zero-order chi connectivity index (χ0) is 41.9. The van der Waals surface area contributed by atoms with Gasteiger partial charge in [0.25, 0.3) is 16.0 Å². The minimum absolute atomic E-state index is 0.236. The summed E-state index contributed by atoms with van der Waals surface area (Å²) in [6.45, 7) is 8.35. The van der Waals surface area contributed by atoms with Crippen LogP contribution in [0.5, 0.6) is 17.2 Å². The van der Waals surface area contributed by atoms with Crippen molar-refractivity contribution in [1.29, 1.82) is 0 Å². The topological polar surface area (TPSA) is 111 Å². The fourth-order valence-corrected chi connectivity index (χ4v) is 7.76. The number of carbonyl (C=O) groups is 1. The van der Waals surface area contributed by atoms with Gasteiger partial charge >= 0.3 is 0 Å². The third-order valence-corrected chi connectivity index (χ3v) is 11.8. The maximum Gasteiger partial charge on any atom is 0.294 e. The molecule has 0 aliphatic rings. The van der Waals surface area contributed by atoms with E-state index in [1.54, 1.807) is 12.1 Å². The summed E-state index contributed by atoms with van der Waals surface area (Å²) in [5, 5.41) is 2.86. The van der Waals surface area contributed by atoms with Crippen molar-refractivity contribution in [1.82, 2.24) is 0 Å². The summed E-state index contributed by atoms with van der Waals surface area (Å²) in [5.41, 5.74) is 0.764. The third-order valence-electron chi connectivity index (χ3n) is 10.9. The van der Waals surface area contributed by atoms with E-state index in [1.165, 1.54) is 178 Å². The quantitative estimate of drug-likeness (QED) is 0.0510. The Morgan fingerprint density at radius 2 is 0.793 bits per heavy atom. The largest absolute Gasteiger partial charge is 0.490 e. The van der Waals surface area contributed by atoms with Crippen LogP contribution in [0, 0.1) is 0 Å². The molecular formula is C49H83NO7S. The van der Waals surface area contributed by atoms with Crippen LogP contribution in [0.3, 0.4) is 0 Å². The Morgan fingerprint density at radius 1 is 0.483 bits per heavy atom. The monoisotopic (exact) mass is 830 g/mol. The molecule has 0 bridgehead atoms. The highest BCUT2D eigenvalue weighted by atomic mass is 32.2. The van der Waals surface area contributed by atoms with E-state index < -0.39 is 10.1 Å². The molecule has 0 aliphatic heterocycles. The van der Waals surface area contributed by atoms with Crippen LogP contribution >= 0.6 is 0 Å². The average molecular weight is 830 g/mol. The second-order valence-corrected chi connectivity index (χ2v) is 17.8. The molecule has 0 fully saturated rings. The molecule has 332 valence electrons. The Kier molecular flexibility index (Phi) is 30.1. The first-order valence-electron chi connectivity index (χ1n) is 23.7. The summed E-state index contributed by atoms with van der Waals surface area (Å²) in [6, 6.07) is 8.90. The number of amides is 1. The molecule has 0 saturated carbocycles. The van der Waals surface area contributed by atoms with Crippen LogP contribution < -0.4 is 19.5 Å². The maximum atomic E-state index is 13.7. The number of benzene rings is 2. The fraction of sp³-hybridized carbons (Fsp3) is 0.735. The standard InChI is InChI=1S/C49H83NO7S/c1-4-7-10-13-16-19-22-25-28-31-38-55-46-41-43(49(51)50-44-34-36-45(37-35-44)58(52,53)54)42-47(56-39-32-29-26-23-20-17-14-11-8-5-2)48(46)57-40-33-30-27-24-21-18-15-12-9-6-3/h34-37,41-42H,4-33,38-40H2,1-3H3,(H,50,51)(H,52,53,54). The van der Waals surface area contributed by atoms with E-state index in [0.717, 1.165) is 38.5 Å². The van der Waals surface area contributed by atoms with E-state index in [-0.39, 0.29) is 10.8 Å². The summed E-state index contributed by atoms with van der Waals surface area (Å²) in [5.74, 6) is 1.20. The van der Waals surface area contributed by atoms with Gasteiger partial charge in [0.1, 0.15) is 0 Å². The van der Waals surface area contributed by atoms with Crippen LogP contribution in [-0.2, 0) is 10.1 Å². The molecule has 0 aromatic heterocycles. The van der Waals surface area contributed by atoms with Crippen molar-refractivity contribution in [2.45, 2.75) is 218 Å². The molecule has 9 heteroatoms. The predicted molar refractivity (Wildman–Crippen MR) is 243 cm³/mol. The Hall–Kier alpha value is -2.78. The molecule has 0 heterocycles. The van der Waals surface area contributed by atoms with E-state index in [0.29, 0.717) is 48.3 Å². The fourth-order valence-electron chi connectivity index (χ4n) is 7.28. The van der Waals surface area contributed by atoms with Crippen LogP contribution in [0.15, 0.2) is 41.3 Å². The zero-order valence-corrected chi connectivity index (χ0v) is 37.9. The zero-order valence-electron chi connectivity index (χ0n) is 37.1. The average Bonchev–Trinajstić information content (AvgIpc) is 3.21. The van der Waals surface area contributed by atoms with Crippen LogP contribution in [-0.4, -0.2) is 38.7 Å². The van der Waals surface area contributed by atoms with E-state index in [2.05, 4.69) is 26.1 Å². The number of unbranched alkanes of at least 4 members (excludes halogenated alkanes) is 27. The lowest BCUT2D eigenvalue weighted by molar-refractivity contribution is 0.102. The molecular weight excluding hydrogens is 747 g/mol. The number of nitrogens with one attached hydrogen (secondary N) is 1. The number of anilines is 1. The van der Waals surface area contributed by atoms with Gasteiger partial charge in [0.05, 0.1) is 24.7 Å². The van der Waals surface area contributed by atoms with Crippen molar-refractivity contribution in [3.8, 4) is 17.2 Å². The van der Waals surface area contributed by atoms with Gasteiger partial charge in [0.2, 0.25) is 5.75 Å². The minimum Gasteiger partial charge on any atom is -0.490 e. The molecule has 0 unspecified atom stereocenters. The molecule has 2 aromatic carbocycles. The van der Waals surface area contributed by atoms with E-state index in [1.807, 2.05) is 0 Å². The summed E-state index contributed by atoms with van der Waals surface area (Å²) >= 11 is 0. The van der Waals surface area contributed by atoms with E-state index in [4.69, 9.17) is 14.2 Å². The molecule has 0 atom stereocenters. The number of hydrogen-bond acceptors (Lipinski definition) is 6. The van der Waals surface area contributed by atoms with E-state index >= 15 is 0 Å². The summed E-state index contributed by atoms with van der Waals surface area (Å²) in [6.07, 6.45) is 37.1. The van der Waals surface area contributed by atoms with Gasteiger partial charge in [-0.2, -0.15) is 8.42 Å². The number of rotatable bonds is 39. The van der Waals surface area contributed by atoms with Crippen LogP contribution in [0.2, 0.25) is 0 Å². The van der Waals surface area contributed by atoms with Crippen LogP contribution in [0.1, 0.15) is 224 Å². The molecule has 2 aromatic rings. The Balaban J connectivity index is 2.12.